The Morgan fingerprint density at radius 2 is 1.04 bits per heavy atom. The van der Waals surface area contributed by atoms with Crippen LogP contribution in [0.25, 0.3) is 22.3 Å². The molecule has 2 heterocycles. The van der Waals surface area contributed by atoms with Crippen LogP contribution in [0, 0.1) is 29.6 Å². The number of amides is 7. The molecule has 7 amide bonds. The van der Waals surface area contributed by atoms with Crippen molar-refractivity contribution in [2.75, 3.05) is 58.3 Å². The highest BCUT2D eigenvalue weighted by molar-refractivity contribution is 8.00. The molecule has 1 saturated carbocycles. The molecule has 8 atom stereocenters. The number of benzene rings is 7. The molecule has 5 aliphatic rings. The van der Waals surface area contributed by atoms with Gasteiger partial charge in [0.2, 0.25) is 29.5 Å². The van der Waals surface area contributed by atoms with Crippen LogP contribution in [0.5, 0.6) is 0 Å². The van der Waals surface area contributed by atoms with Gasteiger partial charge in [0.15, 0.2) is 0 Å². The number of nitrogens with one attached hydrogen (secondary N) is 5. The molecule has 7 aromatic carbocycles. The molecule has 2 saturated heterocycles. The predicted molar refractivity (Wildman–Crippen MR) is 389 cm³/mol. The number of hydrogen-bond acceptors (Lipinski definition) is 12. The van der Waals surface area contributed by atoms with Crippen molar-refractivity contribution in [3.05, 3.63) is 252 Å². The van der Waals surface area contributed by atoms with Gasteiger partial charge in [0.05, 0.1) is 11.3 Å². The van der Waals surface area contributed by atoms with E-state index in [2.05, 4.69) is 57.4 Å². The van der Waals surface area contributed by atoms with Crippen molar-refractivity contribution in [1.82, 2.24) is 36.4 Å². The van der Waals surface area contributed by atoms with E-state index < -0.39 is 77.9 Å². The Morgan fingerprint density at radius 3 is 1.53 bits per heavy atom. The summed E-state index contributed by atoms with van der Waals surface area (Å²) >= 11 is 1.46. The van der Waals surface area contributed by atoms with E-state index in [1.807, 2.05) is 195 Å². The zero-order chi connectivity index (χ0) is 70.6. The van der Waals surface area contributed by atoms with Crippen LogP contribution in [0.3, 0.4) is 0 Å². The van der Waals surface area contributed by atoms with E-state index in [-0.39, 0.29) is 78.8 Å². The fourth-order valence-electron chi connectivity index (χ4n) is 15.6. The first kappa shape index (κ1) is 70.6. The number of fused-ring (bicyclic) bond motifs is 7. The number of rotatable bonds is 27. The van der Waals surface area contributed by atoms with E-state index in [1.54, 1.807) is 17.9 Å². The zero-order valence-electron chi connectivity index (χ0n) is 57.2. The van der Waals surface area contributed by atoms with Gasteiger partial charge in [0.25, 0.3) is 0 Å². The summed E-state index contributed by atoms with van der Waals surface area (Å²) in [4.78, 5) is 114. The lowest BCUT2D eigenvalue weighted by atomic mass is 9.84. The van der Waals surface area contributed by atoms with Crippen molar-refractivity contribution in [3.63, 3.8) is 0 Å². The molecule has 0 bridgehead atoms. The smallest absolute Gasteiger partial charge is 0.407 e. The average Bonchev–Trinajstić information content (AvgIpc) is 1.75. The summed E-state index contributed by atoms with van der Waals surface area (Å²) in [7, 11) is 0. The van der Waals surface area contributed by atoms with Gasteiger partial charge in [-0.2, -0.15) is 0 Å². The molecule has 0 spiro atoms. The number of esters is 1. The summed E-state index contributed by atoms with van der Waals surface area (Å²) in [5, 5.41) is 13.7. The molecule has 0 aromatic heterocycles. The summed E-state index contributed by atoms with van der Waals surface area (Å²) in [5.74, 6) is -2.99. The number of likely N-dealkylation sites (tertiary alicyclic amines) is 2. The standard InChI is InChI=1S/C82H87N7O11S/c1-5-54-44-55(68-48-88(47-67(54)68)79(95)73-40-23-41-89(73)78(94)53(4)85-77(93)71(43-52(2)3)86-80(96)99-49-69-63-36-19-15-32-59(63)60-33-16-20-37-64(60)69)25-24-42-98-75(91)46-83-74(90)45-84-76(92)72(87-81(97)100-50-70-65-38-21-17-34-61(65)62-35-18-22-39-66(62)70)51-101-82(56-26-9-6-10-27-56,57-28-11-7-12-29-57)58-30-13-8-14-31-58/h5-22,24-39,52-55,67-73H,1,23,40-51H2,2-4H3,(H,83,90)(H,84,92)(H,85,93)(H,86,96)(H,87,97)/b25-24+/t53-,54+,55-,67+,68-,71-,72-,73-/m0/s1. The minimum Gasteiger partial charge on any atom is -0.460 e. The molecule has 2 aliphatic heterocycles. The number of allylic oxidation sites excluding steroid dienone is 2. The molecule has 12 rings (SSSR count). The molecule has 3 aliphatic carbocycles. The van der Waals surface area contributed by atoms with Crippen molar-refractivity contribution < 1.29 is 52.6 Å². The number of hydrogen-bond donors (Lipinski definition) is 5. The van der Waals surface area contributed by atoms with Crippen molar-refractivity contribution in [2.45, 2.75) is 87.2 Å². The summed E-state index contributed by atoms with van der Waals surface area (Å²) in [6.07, 6.45) is 6.38. The van der Waals surface area contributed by atoms with Gasteiger partial charge in [-0.05, 0) is 123 Å². The minimum absolute atomic E-state index is 0.0193. The lowest BCUT2D eigenvalue weighted by Gasteiger charge is -2.36. The van der Waals surface area contributed by atoms with Crippen LogP contribution in [0.2, 0.25) is 0 Å². The largest absolute Gasteiger partial charge is 0.460 e. The van der Waals surface area contributed by atoms with Crippen molar-refractivity contribution in [2.24, 2.45) is 29.6 Å². The highest BCUT2D eigenvalue weighted by atomic mass is 32.2. The fourth-order valence-corrected chi connectivity index (χ4v) is 17.2. The molecule has 3 fully saturated rings. The Labute approximate surface area is 594 Å². The Balaban J connectivity index is 0.618. The molecule has 7 aromatic rings. The van der Waals surface area contributed by atoms with Gasteiger partial charge in [0, 0.05) is 37.2 Å². The molecule has 0 radical (unpaired) electrons. The van der Waals surface area contributed by atoms with E-state index in [4.69, 9.17) is 14.2 Å². The van der Waals surface area contributed by atoms with E-state index >= 15 is 0 Å². The van der Waals surface area contributed by atoms with Crippen LogP contribution < -0.4 is 26.6 Å². The second-order valence-electron chi connectivity index (χ2n) is 27.2. The zero-order valence-corrected chi connectivity index (χ0v) is 58.0. The van der Waals surface area contributed by atoms with Crippen LogP contribution in [-0.4, -0.2) is 140 Å². The van der Waals surface area contributed by atoms with E-state index in [9.17, 15) is 38.4 Å². The summed E-state index contributed by atoms with van der Waals surface area (Å²) in [6, 6.07) is 58.2. The monoisotopic (exact) mass is 1380 g/mol. The molecule has 5 N–H and O–H groups in total. The first-order valence-electron chi connectivity index (χ1n) is 35.0. The van der Waals surface area contributed by atoms with Crippen molar-refractivity contribution >= 4 is 59.5 Å². The van der Waals surface area contributed by atoms with Gasteiger partial charge in [0.1, 0.15) is 50.5 Å². The fraction of sp³-hybridized carbons (Fsp3) is 0.341. The van der Waals surface area contributed by atoms with E-state index in [0.717, 1.165) is 67.6 Å². The van der Waals surface area contributed by atoms with Crippen LogP contribution >= 0.6 is 11.8 Å². The second kappa shape index (κ2) is 32.4. The Kier molecular flexibility index (Phi) is 22.6. The van der Waals surface area contributed by atoms with Crippen molar-refractivity contribution in [3.8, 4) is 22.3 Å². The highest BCUT2D eigenvalue weighted by Gasteiger charge is 2.50. The Morgan fingerprint density at radius 1 is 0.564 bits per heavy atom. The summed E-state index contributed by atoms with van der Waals surface area (Å²) in [6.45, 7) is 9.99. The van der Waals surface area contributed by atoms with Gasteiger partial charge in [-0.1, -0.05) is 220 Å². The normalized spacial score (nSPS) is 19.0. The molecule has 522 valence electrons. The van der Waals surface area contributed by atoms with Crippen LogP contribution in [0.4, 0.5) is 9.59 Å². The maximum atomic E-state index is 14.5. The lowest BCUT2D eigenvalue weighted by Crippen LogP contribution is -2.56. The number of alkyl carbamates (subject to hydrolysis) is 2. The third kappa shape index (κ3) is 15.9. The molecular formula is C82H87N7O11S. The number of carbonyl (C=O) groups excluding carboxylic acids is 8. The maximum Gasteiger partial charge on any atom is 0.407 e. The molecular weight excluding hydrogens is 1290 g/mol. The molecule has 0 unspecified atom stereocenters. The van der Waals surface area contributed by atoms with Gasteiger partial charge >= 0.3 is 18.2 Å². The first-order valence-corrected chi connectivity index (χ1v) is 36.0. The molecule has 19 heteroatoms. The van der Waals surface area contributed by atoms with Crippen LogP contribution in [0.15, 0.2) is 213 Å². The summed E-state index contributed by atoms with van der Waals surface area (Å²) in [5.41, 5.74) is 11.4. The number of ether oxygens (including phenoxy) is 3. The Hall–Kier alpha value is -10.3. The lowest BCUT2D eigenvalue weighted by molar-refractivity contribution is -0.145. The Bertz CT molecular complexity index is 4000. The number of nitrogens with zero attached hydrogens (tertiary/aromatic N) is 2. The van der Waals surface area contributed by atoms with Crippen molar-refractivity contribution in [1.29, 1.82) is 0 Å². The predicted octanol–water partition coefficient (Wildman–Crippen LogP) is 11.3. The molecule has 18 nitrogen and oxygen atoms in total. The number of thioether (sulfide) groups is 1. The van der Waals surface area contributed by atoms with Gasteiger partial charge in [-0.3, -0.25) is 28.8 Å². The maximum absolute atomic E-state index is 14.5. The third-order valence-electron chi connectivity index (χ3n) is 20.4. The summed E-state index contributed by atoms with van der Waals surface area (Å²) < 4.78 is 16.4. The molecule has 101 heavy (non-hydrogen) atoms. The van der Waals surface area contributed by atoms with Gasteiger partial charge in [-0.15, -0.1) is 18.3 Å². The average molecular weight is 1380 g/mol. The second-order valence-corrected chi connectivity index (χ2v) is 28.4. The van der Waals surface area contributed by atoms with Crippen LogP contribution in [-0.2, 0) is 47.7 Å². The van der Waals surface area contributed by atoms with Crippen LogP contribution in [0.1, 0.15) is 97.2 Å². The third-order valence-corrected chi connectivity index (χ3v) is 22.1. The van der Waals surface area contributed by atoms with Gasteiger partial charge < -0.3 is 50.6 Å². The quantitative estimate of drug-likeness (QED) is 0.0140. The SMILES string of the molecule is C=C[C@@H]1C[C@H](/C=C/COC(=O)CNC(=O)CNC(=O)[C@H](CSC(c2ccccc2)(c2ccccc2)c2ccccc2)NC(=O)OCC2c3ccccc3-c3ccccc32)[C@@H]2CN(C(=O)[C@@H]3CCCN3C(=O)[C@H](C)NC(=O)[C@H](CC(C)C)NC(=O)OCC3c4ccccc4-c4ccccc43)C[C@@H]21. The number of carbonyl (C=O) groups is 8. The van der Waals surface area contributed by atoms with Gasteiger partial charge in [-0.25, -0.2) is 9.59 Å². The first-order chi connectivity index (χ1) is 49.1. The van der Waals surface area contributed by atoms with E-state index in [0.29, 0.717) is 38.9 Å². The highest BCUT2D eigenvalue weighted by Crippen LogP contribution is 2.51. The minimum atomic E-state index is -1.20. The topological polar surface area (TPSA) is 231 Å². The van der Waals surface area contributed by atoms with E-state index in [1.165, 1.54) is 11.8 Å².